The molecule has 24 heavy (non-hydrogen) atoms. The lowest BCUT2D eigenvalue weighted by Gasteiger charge is -2.13. The third-order valence-corrected chi connectivity index (χ3v) is 3.70. The van der Waals surface area contributed by atoms with Crippen LogP contribution in [0.1, 0.15) is 25.0 Å². The minimum Gasteiger partial charge on any atom is -0.489 e. The van der Waals surface area contributed by atoms with Crippen molar-refractivity contribution < 1.29 is 19.4 Å². The van der Waals surface area contributed by atoms with Crippen LogP contribution < -0.4 is 9.47 Å². The Morgan fingerprint density at radius 2 is 1.62 bits per heavy atom. The van der Waals surface area contributed by atoms with Gasteiger partial charge in [-0.15, -0.1) is 0 Å². The number of hydrogen-bond acceptors (Lipinski definition) is 3. The van der Waals surface area contributed by atoms with Crippen LogP contribution in [0.4, 0.5) is 0 Å². The Balaban J connectivity index is 2.03. The van der Waals surface area contributed by atoms with Gasteiger partial charge >= 0.3 is 5.97 Å². The van der Waals surface area contributed by atoms with Gasteiger partial charge in [0.1, 0.15) is 18.1 Å². The molecule has 4 nitrogen and oxygen atoms in total. The molecule has 0 radical (unpaired) electrons. The van der Waals surface area contributed by atoms with Crippen molar-refractivity contribution in [3.8, 4) is 11.5 Å². The average Bonchev–Trinajstić information content (AvgIpc) is 2.48. The Kier molecular flexibility index (Phi) is 6.35. The highest BCUT2D eigenvalue weighted by atomic mass is 35.5. The van der Waals surface area contributed by atoms with Gasteiger partial charge < -0.3 is 14.6 Å². The first-order valence-electron chi connectivity index (χ1n) is 7.43. The highest BCUT2D eigenvalue weighted by Crippen LogP contribution is 2.29. The fourth-order valence-electron chi connectivity index (χ4n) is 2.09. The number of carbonyl (C=O) groups is 1. The number of benzene rings is 2. The lowest BCUT2D eigenvalue weighted by atomic mass is 10.1. The number of aliphatic carboxylic acids is 1. The molecule has 1 N–H and O–H groups in total. The second-order valence-corrected chi connectivity index (χ2v) is 6.37. The van der Waals surface area contributed by atoms with Gasteiger partial charge in [-0.1, -0.05) is 35.3 Å². The molecule has 0 aliphatic rings. The molecule has 0 aliphatic carbocycles. The third-order valence-electron chi connectivity index (χ3n) is 3.10. The zero-order chi connectivity index (χ0) is 17.7. The SMILES string of the molecule is CC(C)Oc1ccc(COc2ccc(CC(=O)O)cc2Cl)cc1Cl. The molecule has 0 aliphatic heterocycles. The van der Waals surface area contributed by atoms with Crippen LogP contribution in [-0.2, 0) is 17.8 Å². The van der Waals surface area contributed by atoms with Gasteiger partial charge in [0.15, 0.2) is 0 Å². The van der Waals surface area contributed by atoms with E-state index in [2.05, 4.69) is 0 Å². The van der Waals surface area contributed by atoms with E-state index in [9.17, 15) is 4.79 Å². The Labute approximate surface area is 150 Å². The Hall–Kier alpha value is -1.91. The topological polar surface area (TPSA) is 55.8 Å². The minimum atomic E-state index is -0.905. The molecule has 2 aromatic rings. The van der Waals surface area contributed by atoms with Crippen molar-refractivity contribution >= 4 is 29.2 Å². The number of carboxylic acid groups (broad SMARTS) is 1. The first kappa shape index (κ1) is 18.4. The van der Waals surface area contributed by atoms with Gasteiger partial charge in [-0.25, -0.2) is 0 Å². The van der Waals surface area contributed by atoms with E-state index < -0.39 is 5.97 Å². The number of hydrogen-bond donors (Lipinski definition) is 1. The van der Waals surface area contributed by atoms with Crippen molar-refractivity contribution in [3.63, 3.8) is 0 Å². The minimum absolute atomic E-state index is 0.0488. The first-order chi connectivity index (χ1) is 11.3. The molecule has 0 saturated carbocycles. The monoisotopic (exact) mass is 368 g/mol. The highest BCUT2D eigenvalue weighted by molar-refractivity contribution is 6.32. The molecule has 0 amide bonds. The van der Waals surface area contributed by atoms with E-state index in [0.29, 0.717) is 33.7 Å². The summed E-state index contributed by atoms with van der Waals surface area (Å²) in [6.07, 6.45) is -0.0276. The Morgan fingerprint density at radius 1 is 1.04 bits per heavy atom. The summed E-state index contributed by atoms with van der Waals surface area (Å²) in [5.41, 5.74) is 1.50. The van der Waals surface area contributed by atoms with Crippen LogP contribution in [0.3, 0.4) is 0 Å². The second-order valence-electron chi connectivity index (χ2n) is 5.56. The normalized spacial score (nSPS) is 10.7. The molecule has 128 valence electrons. The lowest BCUT2D eigenvalue weighted by molar-refractivity contribution is -0.136. The predicted octanol–water partition coefficient (Wildman–Crippen LogP) is 4.99. The number of halogens is 2. The van der Waals surface area contributed by atoms with E-state index in [-0.39, 0.29) is 12.5 Å². The summed E-state index contributed by atoms with van der Waals surface area (Å²) in [5, 5.41) is 9.68. The zero-order valence-corrected chi connectivity index (χ0v) is 14.9. The van der Waals surface area contributed by atoms with Crippen LogP contribution in [-0.4, -0.2) is 17.2 Å². The molecule has 0 heterocycles. The molecule has 0 fully saturated rings. The standard InChI is InChI=1S/C18H18Cl2O4/c1-11(2)24-17-6-4-13(8-15(17)20)10-23-16-5-3-12(7-14(16)19)9-18(21)22/h3-8,11H,9-10H2,1-2H3,(H,21,22). The van der Waals surface area contributed by atoms with Gasteiger partial charge in [-0.3, -0.25) is 4.79 Å². The van der Waals surface area contributed by atoms with Gasteiger partial charge in [-0.05, 0) is 49.2 Å². The molecule has 0 spiro atoms. The maximum Gasteiger partial charge on any atom is 0.307 e. The fraction of sp³-hybridized carbons (Fsp3) is 0.278. The summed E-state index contributed by atoms with van der Waals surface area (Å²) < 4.78 is 11.3. The number of rotatable bonds is 7. The molecule has 2 aromatic carbocycles. The van der Waals surface area contributed by atoms with Crippen LogP contribution in [0.15, 0.2) is 36.4 Å². The molecule has 0 atom stereocenters. The maximum atomic E-state index is 10.7. The third kappa shape index (κ3) is 5.32. The smallest absolute Gasteiger partial charge is 0.307 e. The van der Waals surface area contributed by atoms with Crippen LogP contribution in [0.2, 0.25) is 10.0 Å². The van der Waals surface area contributed by atoms with Gasteiger partial charge in [0.25, 0.3) is 0 Å². The lowest BCUT2D eigenvalue weighted by Crippen LogP contribution is -2.06. The molecule has 2 rings (SSSR count). The molecular weight excluding hydrogens is 351 g/mol. The van der Waals surface area contributed by atoms with E-state index in [0.717, 1.165) is 5.56 Å². The summed E-state index contributed by atoms with van der Waals surface area (Å²) in [6, 6.07) is 10.4. The van der Waals surface area contributed by atoms with E-state index >= 15 is 0 Å². The number of carboxylic acids is 1. The van der Waals surface area contributed by atoms with Crippen molar-refractivity contribution in [2.75, 3.05) is 0 Å². The second kappa shape index (κ2) is 8.27. The first-order valence-corrected chi connectivity index (χ1v) is 8.19. The summed E-state index contributed by atoms with van der Waals surface area (Å²) in [7, 11) is 0. The summed E-state index contributed by atoms with van der Waals surface area (Å²) >= 11 is 12.3. The molecule has 0 aromatic heterocycles. The largest absolute Gasteiger partial charge is 0.489 e. The fourth-order valence-corrected chi connectivity index (χ4v) is 2.60. The Morgan fingerprint density at radius 3 is 2.21 bits per heavy atom. The molecular formula is C18H18Cl2O4. The van der Waals surface area contributed by atoms with Crippen molar-refractivity contribution in [2.24, 2.45) is 0 Å². The van der Waals surface area contributed by atoms with Crippen LogP contribution in [0.25, 0.3) is 0 Å². The predicted molar refractivity (Wildman–Crippen MR) is 94.3 cm³/mol. The van der Waals surface area contributed by atoms with E-state index in [1.54, 1.807) is 30.3 Å². The van der Waals surface area contributed by atoms with E-state index in [4.69, 9.17) is 37.8 Å². The maximum absolute atomic E-state index is 10.7. The van der Waals surface area contributed by atoms with Crippen LogP contribution in [0.5, 0.6) is 11.5 Å². The van der Waals surface area contributed by atoms with Crippen LogP contribution >= 0.6 is 23.2 Å². The van der Waals surface area contributed by atoms with Gasteiger partial charge in [0, 0.05) is 0 Å². The summed E-state index contributed by atoms with van der Waals surface area (Å²) in [4.78, 5) is 10.7. The van der Waals surface area contributed by atoms with Crippen molar-refractivity contribution in [2.45, 2.75) is 33.0 Å². The summed E-state index contributed by atoms with van der Waals surface area (Å²) in [6.45, 7) is 4.16. The van der Waals surface area contributed by atoms with Gasteiger partial charge in [0.2, 0.25) is 0 Å². The number of ether oxygens (including phenoxy) is 2. The average molecular weight is 369 g/mol. The van der Waals surface area contributed by atoms with Crippen molar-refractivity contribution in [1.29, 1.82) is 0 Å². The summed E-state index contributed by atoms with van der Waals surface area (Å²) in [5.74, 6) is 0.217. The zero-order valence-electron chi connectivity index (χ0n) is 13.4. The molecule has 0 bridgehead atoms. The van der Waals surface area contributed by atoms with E-state index in [1.165, 1.54) is 0 Å². The van der Waals surface area contributed by atoms with Gasteiger partial charge in [-0.2, -0.15) is 0 Å². The molecule has 6 heteroatoms. The molecule has 0 unspecified atom stereocenters. The van der Waals surface area contributed by atoms with E-state index in [1.807, 2.05) is 19.9 Å². The quantitative estimate of drug-likeness (QED) is 0.747. The van der Waals surface area contributed by atoms with Crippen LogP contribution in [0, 0.1) is 0 Å². The highest BCUT2D eigenvalue weighted by Gasteiger charge is 2.08. The van der Waals surface area contributed by atoms with Gasteiger partial charge in [0.05, 0.1) is 22.6 Å². The Bertz CT molecular complexity index is 729. The van der Waals surface area contributed by atoms with Crippen molar-refractivity contribution in [3.05, 3.63) is 57.6 Å². The van der Waals surface area contributed by atoms with Crippen molar-refractivity contribution in [1.82, 2.24) is 0 Å². The molecule has 0 saturated heterocycles.